The number of piperidine rings is 1. The first kappa shape index (κ1) is 21.7. The van der Waals surface area contributed by atoms with Crippen LogP contribution in [0.3, 0.4) is 0 Å². The average Bonchev–Trinajstić information content (AvgIpc) is 3.00. The Morgan fingerprint density at radius 2 is 1.91 bits per heavy atom. The quantitative estimate of drug-likeness (QED) is 0.466. The summed E-state index contributed by atoms with van der Waals surface area (Å²) in [7, 11) is 0. The van der Waals surface area contributed by atoms with Crippen molar-refractivity contribution in [2.24, 2.45) is 5.92 Å². The normalized spacial score (nSPS) is 17.8. The number of halogens is 1. The first-order valence-electron chi connectivity index (χ1n) is 11.5. The Labute approximate surface area is 199 Å². The molecule has 2 aliphatic rings. The highest BCUT2D eigenvalue weighted by Crippen LogP contribution is 2.43. The Balaban J connectivity index is 1.41. The monoisotopic (exact) mass is 459 g/mol. The number of nitrogens with zero attached hydrogens (tertiary/aromatic N) is 3. The first-order valence-corrected chi connectivity index (χ1v) is 11.8. The second kappa shape index (κ2) is 9.36. The number of hydrogen-bond acceptors (Lipinski definition) is 4. The van der Waals surface area contributed by atoms with Gasteiger partial charge in [-0.2, -0.15) is 0 Å². The topological polar surface area (TPSA) is 55.3 Å². The predicted molar refractivity (Wildman–Crippen MR) is 130 cm³/mol. The molecule has 3 aromatic rings. The third-order valence-electron chi connectivity index (χ3n) is 6.69. The summed E-state index contributed by atoms with van der Waals surface area (Å²) in [6, 6.07) is 12.0. The number of ether oxygens (including phenoxy) is 1. The van der Waals surface area contributed by atoms with Gasteiger partial charge in [0.25, 0.3) is 0 Å². The molecule has 33 heavy (non-hydrogen) atoms. The summed E-state index contributed by atoms with van der Waals surface area (Å²) in [4.78, 5) is 23.3. The van der Waals surface area contributed by atoms with Gasteiger partial charge in [0.05, 0.1) is 11.9 Å². The van der Waals surface area contributed by atoms with Crippen molar-refractivity contribution >= 4 is 29.8 Å². The SMILES string of the molecule is CCc1cc2c(cc1Cl)C=Cc1cccnc1C2C1CCN(C(=O)Oc2cccnc2)CC1. The largest absolute Gasteiger partial charge is 0.415 e. The molecule has 1 unspecified atom stereocenters. The molecule has 1 aliphatic carbocycles. The molecule has 5 rings (SSSR count). The summed E-state index contributed by atoms with van der Waals surface area (Å²) in [6.45, 7) is 3.44. The maximum atomic E-state index is 12.7. The molecule has 168 valence electrons. The van der Waals surface area contributed by atoms with Crippen LogP contribution in [0.4, 0.5) is 4.79 Å². The standard InChI is InChI=1S/C27H26ClN3O2/c1-2-18-15-23-21(16-24(18)28)8-7-20-5-3-12-30-26(20)25(23)19-9-13-31(14-10-19)27(32)33-22-6-4-11-29-17-22/h3-8,11-12,15-17,19,25H,2,9-10,13-14H2,1H3. The minimum absolute atomic E-state index is 0.158. The van der Waals surface area contributed by atoms with E-state index in [9.17, 15) is 4.79 Å². The zero-order valence-corrected chi connectivity index (χ0v) is 19.3. The molecule has 1 fully saturated rings. The minimum atomic E-state index is -0.317. The van der Waals surface area contributed by atoms with Crippen LogP contribution in [0.15, 0.2) is 55.0 Å². The van der Waals surface area contributed by atoms with E-state index in [2.05, 4.69) is 42.3 Å². The van der Waals surface area contributed by atoms with E-state index in [4.69, 9.17) is 21.3 Å². The number of carbonyl (C=O) groups excluding carboxylic acids is 1. The fourth-order valence-electron chi connectivity index (χ4n) is 4.96. The second-order valence-corrected chi connectivity index (χ2v) is 9.00. The van der Waals surface area contributed by atoms with Gasteiger partial charge >= 0.3 is 6.09 Å². The van der Waals surface area contributed by atoms with Gasteiger partial charge in [-0.3, -0.25) is 9.97 Å². The Kier molecular flexibility index (Phi) is 6.14. The summed E-state index contributed by atoms with van der Waals surface area (Å²) in [5.41, 5.74) is 5.84. The molecule has 5 nitrogen and oxygen atoms in total. The van der Waals surface area contributed by atoms with Gasteiger partial charge in [-0.1, -0.05) is 42.8 Å². The van der Waals surface area contributed by atoms with E-state index in [-0.39, 0.29) is 12.0 Å². The predicted octanol–water partition coefficient (Wildman–Crippen LogP) is 6.22. The highest BCUT2D eigenvalue weighted by Gasteiger charge is 2.34. The maximum Gasteiger partial charge on any atom is 0.415 e. The van der Waals surface area contributed by atoms with E-state index in [1.54, 1.807) is 29.4 Å². The van der Waals surface area contributed by atoms with Crippen molar-refractivity contribution < 1.29 is 9.53 Å². The van der Waals surface area contributed by atoms with Crippen LogP contribution in [0.2, 0.25) is 5.02 Å². The molecule has 3 heterocycles. The van der Waals surface area contributed by atoms with E-state index in [0.29, 0.717) is 24.8 Å². The second-order valence-electron chi connectivity index (χ2n) is 8.60. The highest BCUT2D eigenvalue weighted by molar-refractivity contribution is 6.31. The summed E-state index contributed by atoms with van der Waals surface area (Å²) in [5.74, 6) is 0.992. The number of pyridine rings is 2. The van der Waals surface area contributed by atoms with Gasteiger partial charge in [0.1, 0.15) is 0 Å². The zero-order valence-electron chi connectivity index (χ0n) is 18.6. The van der Waals surface area contributed by atoms with Crippen LogP contribution in [0, 0.1) is 5.92 Å². The number of benzene rings is 1. The van der Waals surface area contributed by atoms with Crippen molar-refractivity contribution in [3.8, 4) is 5.75 Å². The number of amides is 1. The molecule has 1 amide bonds. The van der Waals surface area contributed by atoms with Gasteiger partial charge in [0.2, 0.25) is 0 Å². The van der Waals surface area contributed by atoms with Crippen LogP contribution in [0.5, 0.6) is 5.75 Å². The molecule has 1 aromatic carbocycles. The van der Waals surface area contributed by atoms with Crippen molar-refractivity contribution in [3.05, 3.63) is 88.0 Å². The van der Waals surface area contributed by atoms with Gasteiger partial charge in [-0.15, -0.1) is 0 Å². The third-order valence-corrected chi connectivity index (χ3v) is 7.04. The van der Waals surface area contributed by atoms with Crippen LogP contribution >= 0.6 is 11.6 Å². The summed E-state index contributed by atoms with van der Waals surface area (Å²) in [6.07, 6.45) is 11.7. The van der Waals surface area contributed by atoms with Gasteiger partial charge in [0.15, 0.2) is 5.75 Å². The lowest BCUT2D eigenvalue weighted by Gasteiger charge is -2.36. The average molecular weight is 460 g/mol. The molecule has 1 atom stereocenters. The van der Waals surface area contributed by atoms with E-state index >= 15 is 0 Å². The van der Waals surface area contributed by atoms with Gasteiger partial charge in [-0.25, -0.2) is 4.79 Å². The van der Waals surface area contributed by atoms with Crippen molar-refractivity contribution in [1.82, 2.24) is 14.9 Å². The van der Waals surface area contributed by atoms with Crippen LogP contribution < -0.4 is 4.74 Å². The number of carbonyl (C=O) groups is 1. The summed E-state index contributed by atoms with van der Waals surface area (Å²) in [5, 5.41) is 0.812. The Bertz CT molecular complexity index is 1190. The minimum Gasteiger partial charge on any atom is -0.409 e. The summed E-state index contributed by atoms with van der Waals surface area (Å²) >= 11 is 6.57. The van der Waals surface area contributed by atoms with Gasteiger partial charge in [0, 0.05) is 36.4 Å². The molecule has 0 spiro atoms. The molecule has 6 heteroatoms. The smallest absolute Gasteiger partial charge is 0.409 e. The van der Waals surface area contributed by atoms with Crippen LogP contribution in [-0.4, -0.2) is 34.1 Å². The third kappa shape index (κ3) is 4.38. The fourth-order valence-corrected chi connectivity index (χ4v) is 5.27. The lowest BCUT2D eigenvalue weighted by Crippen LogP contribution is -2.41. The van der Waals surface area contributed by atoms with Crippen molar-refractivity contribution in [2.75, 3.05) is 13.1 Å². The van der Waals surface area contributed by atoms with Gasteiger partial charge < -0.3 is 9.64 Å². The van der Waals surface area contributed by atoms with E-state index < -0.39 is 0 Å². The van der Waals surface area contributed by atoms with Crippen LogP contribution in [0.1, 0.15) is 53.6 Å². The Morgan fingerprint density at radius 3 is 2.67 bits per heavy atom. The van der Waals surface area contributed by atoms with E-state index in [1.807, 2.05) is 12.3 Å². The molecule has 0 N–H and O–H groups in total. The lowest BCUT2D eigenvalue weighted by atomic mass is 9.76. The number of rotatable bonds is 3. The van der Waals surface area contributed by atoms with Crippen molar-refractivity contribution in [3.63, 3.8) is 0 Å². The van der Waals surface area contributed by atoms with Gasteiger partial charge in [-0.05, 0) is 71.7 Å². The fraction of sp³-hybridized carbons (Fsp3) is 0.296. The molecule has 1 aliphatic heterocycles. The summed E-state index contributed by atoms with van der Waals surface area (Å²) < 4.78 is 5.50. The van der Waals surface area contributed by atoms with Crippen LogP contribution in [-0.2, 0) is 6.42 Å². The molecule has 1 saturated heterocycles. The number of aryl methyl sites for hydroxylation is 1. The highest BCUT2D eigenvalue weighted by atomic mass is 35.5. The number of likely N-dealkylation sites (tertiary alicyclic amines) is 1. The van der Waals surface area contributed by atoms with Crippen molar-refractivity contribution in [1.29, 1.82) is 0 Å². The Morgan fingerprint density at radius 1 is 1.12 bits per heavy atom. The molecular weight excluding hydrogens is 434 g/mol. The number of hydrogen-bond donors (Lipinski definition) is 0. The van der Waals surface area contributed by atoms with Crippen molar-refractivity contribution in [2.45, 2.75) is 32.1 Å². The number of aromatic nitrogens is 2. The molecule has 0 saturated carbocycles. The zero-order chi connectivity index (χ0) is 22.8. The first-order chi connectivity index (χ1) is 16.1. The van der Waals surface area contributed by atoms with E-state index in [0.717, 1.165) is 46.7 Å². The lowest BCUT2D eigenvalue weighted by molar-refractivity contribution is 0.127. The molecule has 2 aromatic heterocycles. The molecule has 0 radical (unpaired) electrons. The Hall–Kier alpha value is -3.18. The maximum absolute atomic E-state index is 12.7. The van der Waals surface area contributed by atoms with Crippen LogP contribution in [0.25, 0.3) is 12.2 Å². The van der Waals surface area contributed by atoms with E-state index in [1.165, 1.54) is 5.56 Å². The molecular formula is C27H26ClN3O2. The number of fused-ring (bicyclic) bond motifs is 2. The molecule has 0 bridgehead atoms.